The van der Waals surface area contributed by atoms with Gasteiger partial charge in [-0.1, -0.05) is 0 Å². The van der Waals surface area contributed by atoms with Gasteiger partial charge in [-0.2, -0.15) is 0 Å². The molecule has 0 spiro atoms. The van der Waals surface area contributed by atoms with Crippen molar-refractivity contribution in [1.29, 1.82) is 0 Å². The number of carbonyl (C=O) groups excluding carboxylic acids is 2. The number of amides is 2. The molecule has 3 aromatic heterocycles. The number of oxazole rings is 1. The van der Waals surface area contributed by atoms with Crippen molar-refractivity contribution in [1.82, 2.24) is 19.9 Å². The molecule has 0 aromatic carbocycles. The SMILES string of the molecule is COc1ccc(C2CCC(CN(C(=O)C3CCC(OC(=O)N(C)C[C@@H](C)O)CC3)c3cc(-c4coc(C5CC5)n4)ccn3)CC2)nc1C. The van der Waals surface area contributed by atoms with E-state index in [4.69, 9.17) is 28.8 Å². The number of hydrogen-bond donors (Lipinski definition) is 1. The van der Waals surface area contributed by atoms with E-state index in [-0.39, 0.29) is 24.5 Å². The zero-order chi connectivity index (χ0) is 33.8. The second-order valence-electron chi connectivity index (χ2n) is 14.0. The van der Waals surface area contributed by atoms with Crippen molar-refractivity contribution in [2.75, 3.05) is 32.1 Å². The summed E-state index contributed by atoms with van der Waals surface area (Å²) >= 11 is 0. The molecule has 0 unspecified atom stereocenters. The van der Waals surface area contributed by atoms with Crippen LogP contribution in [0.5, 0.6) is 5.75 Å². The quantitative estimate of drug-likeness (QED) is 0.241. The van der Waals surface area contributed by atoms with Gasteiger partial charge in [0.25, 0.3) is 0 Å². The zero-order valence-electron chi connectivity index (χ0n) is 28.6. The Balaban J connectivity index is 1.14. The zero-order valence-corrected chi connectivity index (χ0v) is 28.6. The summed E-state index contributed by atoms with van der Waals surface area (Å²) in [6.07, 6.45) is 10.9. The number of hydrogen-bond acceptors (Lipinski definition) is 9. The van der Waals surface area contributed by atoms with Crippen molar-refractivity contribution < 1.29 is 28.6 Å². The molecule has 3 aliphatic rings. The predicted molar refractivity (Wildman–Crippen MR) is 181 cm³/mol. The molecule has 48 heavy (non-hydrogen) atoms. The Labute approximate surface area is 283 Å². The number of aliphatic hydroxyl groups is 1. The van der Waals surface area contributed by atoms with Gasteiger partial charge in [-0.3, -0.25) is 14.7 Å². The second-order valence-corrected chi connectivity index (χ2v) is 14.0. The fraction of sp³-hybridized carbons (Fsp3) is 0.595. The van der Waals surface area contributed by atoms with Gasteiger partial charge in [0, 0.05) is 55.3 Å². The summed E-state index contributed by atoms with van der Waals surface area (Å²) in [6, 6.07) is 7.98. The minimum absolute atomic E-state index is 0.0732. The number of nitrogens with zero attached hydrogens (tertiary/aromatic N) is 5. The van der Waals surface area contributed by atoms with Gasteiger partial charge in [0.2, 0.25) is 5.91 Å². The van der Waals surface area contributed by atoms with Crippen molar-refractivity contribution in [3.63, 3.8) is 0 Å². The van der Waals surface area contributed by atoms with E-state index in [0.29, 0.717) is 55.8 Å². The lowest BCUT2D eigenvalue weighted by molar-refractivity contribution is -0.124. The summed E-state index contributed by atoms with van der Waals surface area (Å²) in [5.41, 5.74) is 3.67. The Kier molecular flexibility index (Phi) is 10.6. The number of methoxy groups -OCH3 is 1. The number of carbonyl (C=O) groups is 2. The summed E-state index contributed by atoms with van der Waals surface area (Å²) in [6.45, 7) is 4.43. The van der Waals surface area contributed by atoms with Crippen LogP contribution >= 0.6 is 0 Å². The van der Waals surface area contributed by atoms with Gasteiger partial charge in [0.15, 0.2) is 5.89 Å². The van der Waals surface area contributed by atoms with Gasteiger partial charge in [-0.15, -0.1) is 0 Å². The molecule has 11 nitrogen and oxygen atoms in total. The molecule has 11 heteroatoms. The number of rotatable bonds is 11. The maximum Gasteiger partial charge on any atom is 0.409 e. The van der Waals surface area contributed by atoms with E-state index in [1.54, 1.807) is 33.5 Å². The highest BCUT2D eigenvalue weighted by atomic mass is 16.6. The number of likely N-dealkylation sites (N-methyl/N-ethyl adjacent to an activating group) is 1. The maximum atomic E-state index is 14.4. The largest absolute Gasteiger partial charge is 0.495 e. The summed E-state index contributed by atoms with van der Waals surface area (Å²) < 4.78 is 16.9. The van der Waals surface area contributed by atoms with E-state index in [2.05, 4.69) is 6.07 Å². The molecule has 1 atom stereocenters. The van der Waals surface area contributed by atoms with Gasteiger partial charge < -0.3 is 23.9 Å². The highest BCUT2D eigenvalue weighted by Crippen LogP contribution is 2.41. The molecule has 3 aliphatic carbocycles. The third-order valence-corrected chi connectivity index (χ3v) is 10.2. The number of aromatic nitrogens is 3. The van der Waals surface area contributed by atoms with Crippen LogP contribution in [0, 0.1) is 18.8 Å². The second kappa shape index (κ2) is 15.1. The molecule has 0 saturated heterocycles. The number of aryl methyl sites for hydroxylation is 1. The fourth-order valence-corrected chi connectivity index (χ4v) is 7.22. The Hall–Kier alpha value is -3.99. The summed E-state index contributed by atoms with van der Waals surface area (Å²) in [5.74, 6) is 3.26. The van der Waals surface area contributed by atoms with Crippen molar-refractivity contribution >= 4 is 17.8 Å². The van der Waals surface area contributed by atoms with Gasteiger partial charge in [0.05, 0.1) is 18.9 Å². The Morgan fingerprint density at radius 3 is 2.40 bits per heavy atom. The molecule has 1 N–H and O–H groups in total. The van der Waals surface area contributed by atoms with Gasteiger partial charge >= 0.3 is 6.09 Å². The van der Waals surface area contributed by atoms with Gasteiger partial charge in [0.1, 0.15) is 29.6 Å². The smallest absolute Gasteiger partial charge is 0.409 e. The minimum Gasteiger partial charge on any atom is -0.495 e. The van der Waals surface area contributed by atoms with Crippen molar-refractivity contribution in [3.05, 3.63) is 54.0 Å². The number of anilines is 1. The van der Waals surface area contributed by atoms with E-state index in [1.165, 1.54) is 4.90 Å². The predicted octanol–water partition coefficient (Wildman–Crippen LogP) is 6.64. The number of pyridine rings is 2. The Bertz CT molecular complexity index is 1560. The summed E-state index contributed by atoms with van der Waals surface area (Å²) in [5, 5.41) is 9.63. The van der Waals surface area contributed by atoms with Gasteiger partial charge in [-0.05, 0) is 108 Å². The Morgan fingerprint density at radius 1 is 1.00 bits per heavy atom. The lowest BCUT2D eigenvalue weighted by atomic mass is 9.79. The monoisotopic (exact) mass is 659 g/mol. The maximum absolute atomic E-state index is 14.4. The van der Waals surface area contributed by atoms with Crippen molar-refractivity contribution in [2.24, 2.45) is 11.8 Å². The topological polar surface area (TPSA) is 131 Å². The van der Waals surface area contributed by atoms with Crippen LogP contribution in [0.2, 0.25) is 0 Å². The molecule has 3 aromatic rings. The van der Waals surface area contributed by atoms with Crippen LogP contribution in [0.15, 0.2) is 41.1 Å². The van der Waals surface area contributed by atoms with Crippen LogP contribution in [0.1, 0.15) is 100 Å². The molecule has 3 fully saturated rings. The van der Waals surface area contributed by atoms with E-state index < -0.39 is 12.2 Å². The third kappa shape index (κ3) is 8.17. The molecule has 0 aliphatic heterocycles. The van der Waals surface area contributed by atoms with Crippen LogP contribution in [0.4, 0.5) is 10.6 Å². The lowest BCUT2D eigenvalue weighted by Gasteiger charge is -2.35. The van der Waals surface area contributed by atoms with E-state index >= 15 is 0 Å². The molecular weight excluding hydrogens is 610 g/mol. The molecular formula is C37H49N5O6. The van der Waals surface area contributed by atoms with Crippen LogP contribution < -0.4 is 9.64 Å². The first-order valence-corrected chi connectivity index (χ1v) is 17.5. The highest BCUT2D eigenvalue weighted by molar-refractivity contribution is 5.94. The molecule has 0 bridgehead atoms. The van der Waals surface area contributed by atoms with E-state index in [9.17, 15) is 14.7 Å². The first-order valence-electron chi connectivity index (χ1n) is 17.5. The third-order valence-electron chi connectivity index (χ3n) is 10.2. The molecule has 0 radical (unpaired) electrons. The molecule has 2 amide bonds. The van der Waals surface area contributed by atoms with Crippen LogP contribution in [0.25, 0.3) is 11.3 Å². The van der Waals surface area contributed by atoms with Crippen LogP contribution in [-0.2, 0) is 9.53 Å². The fourth-order valence-electron chi connectivity index (χ4n) is 7.22. The number of ether oxygens (including phenoxy) is 2. The first-order chi connectivity index (χ1) is 23.2. The highest BCUT2D eigenvalue weighted by Gasteiger charge is 2.35. The normalized spacial score (nSPS) is 23.3. The average Bonchev–Trinajstić information content (AvgIpc) is 3.83. The average molecular weight is 660 g/mol. The van der Waals surface area contributed by atoms with Crippen LogP contribution in [-0.4, -0.2) is 76.4 Å². The van der Waals surface area contributed by atoms with Gasteiger partial charge in [-0.25, -0.2) is 14.8 Å². The van der Waals surface area contributed by atoms with E-state index in [0.717, 1.165) is 72.8 Å². The van der Waals surface area contributed by atoms with Crippen molar-refractivity contribution in [3.8, 4) is 17.0 Å². The summed E-state index contributed by atoms with van der Waals surface area (Å²) in [7, 11) is 3.29. The minimum atomic E-state index is -0.628. The number of aliphatic hydroxyl groups excluding tert-OH is 1. The van der Waals surface area contributed by atoms with E-state index in [1.807, 2.05) is 30.0 Å². The molecule has 3 heterocycles. The summed E-state index contributed by atoms with van der Waals surface area (Å²) in [4.78, 5) is 44.4. The molecule has 3 saturated carbocycles. The molecule has 6 rings (SSSR count). The first kappa shape index (κ1) is 33.9. The van der Waals surface area contributed by atoms with Crippen molar-refractivity contribution in [2.45, 2.75) is 102 Å². The Morgan fingerprint density at radius 2 is 1.73 bits per heavy atom. The standard InChI is InChI=1S/C37H49N5O6/c1-23(43)20-41(3)37(45)48-30-13-11-28(12-14-30)36(44)42(34-19-29(17-18-38-34)32-22-47-35(40-32)27-9-10-27)21-25-5-7-26(8-6-25)31-15-16-33(46-4)24(2)39-31/h15-19,22-23,25-28,30,43H,5-14,20-21H2,1-4H3/t23-,25?,26?,28?,30?/m1/s1. The molecule has 258 valence electrons. The van der Waals surface area contributed by atoms with Crippen LogP contribution in [0.3, 0.4) is 0 Å². The lowest BCUT2D eigenvalue weighted by Crippen LogP contribution is -2.43.